The van der Waals surface area contributed by atoms with E-state index in [0.29, 0.717) is 12.4 Å². The molecule has 1 N–H and O–H groups in total. The topological polar surface area (TPSA) is 38.7 Å². The first-order valence-corrected chi connectivity index (χ1v) is 7.41. The first-order chi connectivity index (χ1) is 11.3. The number of phenolic OH excluding ortho intramolecular Hbond substituents is 1. The molecule has 0 fully saturated rings. The Morgan fingerprint density at radius 1 is 0.826 bits per heavy atom. The third kappa shape index (κ3) is 3.46. The molecule has 3 aromatic rings. The highest BCUT2D eigenvalue weighted by Crippen LogP contribution is 2.35. The molecule has 0 aliphatic heterocycles. The molecule has 0 amide bonds. The summed E-state index contributed by atoms with van der Waals surface area (Å²) in [5, 5.41) is 9.99. The van der Waals surface area contributed by atoms with Crippen molar-refractivity contribution in [1.29, 1.82) is 0 Å². The lowest BCUT2D eigenvalue weighted by Gasteiger charge is -2.13. The van der Waals surface area contributed by atoms with Crippen LogP contribution in [0.15, 0.2) is 72.8 Å². The maximum atomic E-state index is 9.99. The summed E-state index contributed by atoms with van der Waals surface area (Å²) >= 11 is 0. The second kappa shape index (κ2) is 6.88. The van der Waals surface area contributed by atoms with Gasteiger partial charge in [0.15, 0.2) is 11.5 Å². The van der Waals surface area contributed by atoms with E-state index in [2.05, 4.69) is 0 Å². The molecule has 0 bridgehead atoms. The van der Waals surface area contributed by atoms with Gasteiger partial charge in [0.25, 0.3) is 0 Å². The van der Waals surface area contributed by atoms with Crippen LogP contribution in [-0.2, 0) is 6.61 Å². The average molecular weight is 306 g/mol. The average Bonchev–Trinajstić information content (AvgIpc) is 2.61. The van der Waals surface area contributed by atoms with Crippen LogP contribution in [0, 0.1) is 0 Å². The zero-order valence-corrected chi connectivity index (χ0v) is 12.9. The summed E-state index contributed by atoms with van der Waals surface area (Å²) in [5.41, 5.74) is 2.92. The number of para-hydroxylation sites is 1. The molecule has 3 heteroatoms. The van der Waals surface area contributed by atoms with Crippen molar-refractivity contribution in [2.24, 2.45) is 0 Å². The van der Waals surface area contributed by atoms with Crippen molar-refractivity contribution in [3.63, 3.8) is 0 Å². The number of phenols is 1. The van der Waals surface area contributed by atoms with Crippen molar-refractivity contribution < 1.29 is 14.6 Å². The fourth-order valence-electron chi connectivity index (χ4n) is 2.42. The van der Waals surface area contributed by atoms with E-state index in [1.54, 1.807) is 12.1 Å². The lowest BCUT2D eigenvalue weighted by Crippen LogP contribution is -1.96. The largest absolute Gasteiger partial charge is 0.504 e. The predicted molar refractivity (Wildman–Crippen MR) is 90.9 cm³/mol. The van der Waals surface area contributed by atoms with Crippen LogP contribution < -0.4 is 9.47 Å². The van der Waals surface area contributed by atoms with E-state index in [1.165, 1.54) is 7.11 Å². The normalized spacial score (nSPS) is 10.3. The molecule has 0 radical (unpaired) electrons. The lowest BCUT2D eigenvalue weighted by molar-refractivity contribution is 0.307. The Bertz CT molecular complexity index is 782. The third-order valence-electron chi connectivity index (χ3n) is 3.61. The van der Waals surface area contributed by atoms with Gasteiger partial charge in [0.1, 0.15) is 12.4 Å². The molecule has 0 heterocycles. The minimum absolute atomic E-state index is 0.114. The van der Waals surface area contributed by atoms with Crippen LogP contribution in [0.1, 0.15) is 5.56 Å². The van der Waals surface area contributed by atoms with E-state index in [9.17, 15) is 5.11 Å². The molecule has 0 atom stereocenters. The molecule has 0 saturated heterocycles. The second-order valence-electron chi connectivity index (χ2n) is 5.16. The molecule has 23 heavy (non-hydrogen) atoms. The molecule has 116 valence electrons. The number of benzene rings is 3. The van der Waals surface area contributed by atoms with Gasteiger partial charge in [-0.1, -0.05) is 54.6 Å². The summed E-state index contributed by atoms with van der Waals surface area (Å²) in [7, 11) is 1.53. The number of hydrogen-bond donors (Lipinski definition) is 1. The zero-order chi connectivity index (χ0) is 16.1. The Kier molecular flexibility index (Phi) is 4.48. The third-order valence-corrected chi connectivity index (χ3v) is 3.61. The molecule has 0 unspecified atom stereocenters. The smallest absolute Gasteiger partial charge is 0.160 e. The fraction of sp³-hybridized carbons (Fsp3) is 0.100. The van der Waals surface area contributed by atoms with Crippen LogP contribution in [0.3, 0.4) is 0 Å². The number of ether oxygens (including phenoxy) is 2. The molecule has 3 rings (SSSR count). The van der Waals surface area contributed by atoms with E-state index < -0.39 is 0 Å². The van der Waals surface area contributed by atoms with Gasteiger partial charge in [-0.15, -0.1) is 0 Å². The molecule has 0 aliphatic carbocycles. The monoisotopic (exact) mass is 306 g/mol. The minimum atomic E-state index is 0.114. The lowest BCUT2D eigenvalue weighted by atomic mass is 10.0. The molecule has 3 aromatic carbocycles. The van der Waals surface area contributed by atoms with Crippen LogP contribution in [0.2, 0.25) is 0 Å². The summed E-state index contributed by atoms with van der Waals surface area (Å²) in [4.78, 5) is 0. The SMILES string of the molecule is COc1ccc(-c2ccccc2OCc2ccccc2)cc1O. The van der Waals surface area contributed by atoms with Crippen molar-refractivity contribution in [2.75, 3.05) is 7.11 Å². The highest BCUT2D eigenvalue weighted by molar-refractivity contribution is 5.72. The first-order valence-electron chi connectivity index (χ1n) is 7.41. The summed E-state index contributed by atoms with van der Waals surface area (Å²) in [6.07, 6.45) is 0. The van der Waals surface area contributed by atoms with Crippen LogP contribution in [0.25, 0.3) is 11.1 Å². The van der Waals surface area contributed by atoms with Crippen molar-refractivity contribution in [1.82, 2.24) is 0 Å². The number of rotatable bonds is 5. The molecular weight excluding hydrogens is 288 g/mol. The maximum absolute atomic E-state index is 9.99. The van der Waals surface area contributed by atoms with E-state index in [-0.39, 0.29) is 5.75 Å². The fourth-order valence-corrected chi connectivity index (χ4v) is 2.42. The standard InChI is InChI=1S/C20H18O3/c1-22-20-12-11-16(13-18(20)21)17-9-5-6-10-19(17)23-14-15-7-3-2-4-8-15/h2-13,21H,14H2,1H3. The van der Waals surface area contributed by atoms with Gasteiger partial charge in [-0.2, -0.15) is 0 Å². The molecule has 3 nitrogen and oxygen atoms in total. The number of aromatic hydroxyl groups is 1. The van der Waals surface area contributed by atoms with Crippen LogP contribution in [0.5, 0.6) is 17.2 Å². The van der Waals surface area contributed by atoms with Crippen LogP contribution in [-0.4, -0.2) is 12.2 Å². The van der Waals surface area contributed by atoms with E-state index in [1.807, 2.05) is 60.7 Å². The second-order valence-corrected chi connectivity index (χ2v) is 5.16. The summed E-state index contributed by atoms with van der Waals surface area (Å²) in [6, 6.07) is 23.2. The summed E-state index contributed by atoms with van der Waals surface area (Å²) in [6.45, 7) is 0.500. The predicted octanol–water partition coefficient (Wildman–Crippen LogP) is 4.65. The Morgan fingerprint density at radius 2 is 1.57 bits per heavy atom. The van der Waals surface area contributed by atoms with Gasteiger partial charge in [0.05, 0.1) is 7.11 Å². The molecule has 0 aliphatic rings. The molecular formula is C20H18O3. The summed E-state index contributed by atoms with van der Waals surface area (Å²) in [5.74, 6) is 1.35. The molecule has 0 spiro atoms. The van der Waals surface area contributed by atoms with Crippen LogP contribution in [0.4, 0.5) is 0 Å². The van der Waals surface area contributed by atoms with Gasteiger partial charge in [-0.3, -0.25) is 0 Å². The molecule has 0 saturated carbocycles. The quantitative estimate of drug-likeness (QED) is 0.746. The van der Waals surface area contributed by atoms with Crippen molar-refractivity contribution in [3.8, 4) is 28.4 Å². The van der Waals surface area contributed by atoms with Gasteiger partial charge in [0.2, 0.25) is 0 Å². The van der Waals surface area contributed by atoms with Crippen molar-refractivity contribution in [2.45, 2.75) is 6.61 Å². The van der Waals surface area contributed by atoms with Crippen molar-refractivity contribution >= 4 is 0 Å². The highest BCUT2D eigenvalue weighted by atomic mass is 16.5. The van der Waals surface area contributed by atoms with Gasteiger partial charge in [-0.05, 0) is 29.3 Å². The van der Waals surface area contributed by atoms with Gasteiger partial charge < -0.3 is 14.6 Å². The van der Waals surface area contributed by atoms with E-state index in [4.69, 9.17) is 9.47 Å². The minimum Gasteiger partial charge on any atom is -0.504 e. The zero-order valence-electron chi connectivity index (χ0n) is 12.9. The van der Waals surface area contributed by atoms with Gasteiger partial charge >= 0.3 is 0 Å². The maximum Gasteiger partial charge on any atom is 0.160 e. The summed E-state index contributed by atoms with van der Waals surface area (Å²) < 4.78 is 11.1. The van der Waals surface area contributed by atoms with Gasteiger partial charge in [0, 0.05) is 5.56 Å². The Balaban J connectivity index is 1.87. The van der Waals surface area contributed by atoms with E-state index in [0.717, 1.165) is 22.4 Å². The molecule has 0 aromatic heterocycles. The first kappa shape index (κ1) is 15.0. The Hall–Kier alpha value is -2.94. The van der Waals surface area contributed by atoms with E-state index >= 15 is 0 Å². The van der Waals surface area contributed by atoms with Crippen molar-refractivity contribution in [3.05, 3.63) is 78.4 Å². The highest BCUT2D eigenvalue weighted by Gasteiger charge is 2.09. The van der Waals surface area contributed by atoms with Crippen LogP contribution >= 0.6 is 0 Å². The van der Waals surface area contributed by atoms with Gasteiger partial charge in [-0.25, -0.2) is 0 Å². The Labute approximate surface area is 135 Å². The number of hydrogen-bond acceptors (Lipinski definition) is 3. The Morgan fingerprint density at radius 3 is 2.30 bits per heavy atom. The number of methoxy groups -OCH3 is 1.